The molecule has 0 aromatic heterocycles. The van der Waals surface area contributed by atoms with Crippen LogP contribution in [0.15, 0.2) is 0 Å². The Morgan fingerprint density at radius 1 is 1.21 bits per heavy atom. The van der Waals surface area contributed by atoms with Gasteiger partial charge in [-0.2, -0.15) is 0 Å². The number of rotatable bonds is 7. The molecule has 0 rings (SSSR count). The summed E-state index contributed by atoms with van der Waals surface area (Å²) in [6.07, 6.45) is -0.241. The minimum atomic E-state index is -0.241. The molecule has 0 spiro atoms. The van der Waals surface area contributed by atoms with Gasteiger partial charge in [0, 0.05) is 26.2 Å². The molecule has 3 heteroatoms. The fourth-order valence-corrected chi connectivity index (χ4v) is 1.22. The molecule has 0 heterocycles. The zero-order chi connectivity index (χ0) is 11.1. The van der Waals surface area contributed by atoms with Crippen LogP contribution in [0.5, 0.6) is 0 Å². The number of hydrogen-bond donors (Lipinski definition) is 1. The van der Waals surface area contributed by atoms with Gasteiger partial charge in [0.05, 0.1) is 12.7 Å². The highest BCUT2D eigenvalue weighted by Crippen LogP contribution is 2.06. The van der Waals surface area contributed by atoms with Crippen molar-refractivity contribution in [1.29, 1.82) is 0 Å². The molecule has 86 valence electrons. The van der Waals surface area contributed by atoms with E-state index in [9.17, 15) is 5.11 Å². The highest BCUT2D eigenvalue weighted by Gasteiger charge is 2.16. The minimum Gasteiger partial charge on any atom is -0.392 e. The predicted molar refractivity (Wildman–Crippen MR) is 59.4 cm³/mol. The zero-order valence-electron chi connectivity index (χ0n) is 10.2. The third-order valence-corrected chi connectivity index (χ3v) is 2.50. The van der Waals surface area contributed by atoms with E-state index in [-0.39, 0.29) is 6.10 Å². The summed E-state index contributed by atoms with van der Waals surface area (Å²) in [6, 6.07) is 0.457. The molecule has 1 N–H and O–H groups in total. The van der Waals surface area contributed by atoms with Crippen molar-refractivity contribution in [2.24, 2.45) is 5.92 Å². The molecule has 0 bridgehead atoms. The SMILES string of the molecule is COCCN(CC(O)C(C)C)C(C)C. The monoisotopic (exact) mass is 203 g/mol. The summed E-state index contributed by atoms with van der Waals surface area (Å²) >= 11 is 0. The first-order valence-corrected chi connectivity index (χ1v) is 5.40. The summed E-state index contributed by atoms with van der Waals surface area (Å²) < 4.78 is 5.04. The van der Waals surface area contributed by atoms with Crippen molar-refractivity contribution in [1.82, 2.24) is 4.90 Å². The number of hydrogen-bond acceptors (Lipinski definition) is 3. The summed E-state index contributed by atoms with van der Waals surface area (Å²) in [5.74, 6) is 0.318. The maximum absolute atomic E-state index is 9.76. The van der Waals surface area contributed by atoms with Crippen LogP contribution in [0, 0.1) is 5.92 Å². The van der Waals surface area contributed by atoms with E-state index < -0.39 is 0 Å². The second kappa shape index (κ2) is 7.21. The molecular formula is C11H25NO2. The van der Waals surface area contributed by atoms with E-state index in [0.717, 1.165) is 19.7 Å². The summed E-state index contributed by atoms with van der Waals surface area (Å²) in [5, 5.41) is 9.76. The highest BCUT2D eigenvalue weighted by atomic mass is 16.5. The molecule has 3 nitrogen and oxygen atoms in total. The van der Waals surface area contributed by atoms with Crippen LogP contribution in [0.4, 0.5) is 0 Å². The first-order chi connectivity index (χ1) is 6.49. The first-order valence-electron chi connectivity index (χ1n) is 5.40. The zero-order valence-corrected chi connectivity index (χ0v) is 10.2. The first kappa shape index (κ1) is 13.9. The van der Waals surface area contributed by atoms with Gasteiger partial charge < -0.3 is 9.84 Å². The van der Waals surface area contributed by atoms with Crippen LogP contribution >= 0.6 is 0 Å². The van der Waals surface area contributed by atoms with E-state index in [1.165, 1.54) is 0 Å². The Morgan fingerprint density at radius 3 is 2.14 bits per heavy atom. The van der Waals surface area contributed by atoms with Gasteiger partial charge in [-0.3, -0.25) is 4.90 Å². The molecule has 14 heavy (non-hydrogen) atoms. The second-order valence-corrected chi connectivity index (χ2v) is 4.39. The smallest absolute Gasteiger partial charge is 0.0690 e. The molecule has 0 aliphatic carbocycles. The average Bonchev–Trinajstić information content (AvgIpc) is 2.10. The minimum absolute atomic E-state index is 0.241. The molecule has 0 aromatic rings. The summed E-state index contributed by atoms with van der Waals surface area (Å²) in [5.41, 5.74) is 0. The number of nitrogens with zero attached hydrogens (tertiary/aromatic N) is 1. The fraction of sp³-hybridized carbons (Fsp3) is 1.00. The Hall–Kier alpha value is -0.120. The van der Waals surface area contributed by atoms with Crippen molar-refractivity contribution in [3.05, 3.63) is 0 Å². The van der Waals surface area contributed by atoms with Gasteiger partial charge in [0.15, 0.2) is 0 Å². The average molecular weight is 203 g/mol. The van der Waals surface area contributed by atoms with Crippen molar-refractivity contribution >= 4 is 0 Å². The third-order valence-electron chi connectivity index (χ3n) is 2.50. The van der Waals surface area contributed by atoms with Crippen LogP contribution in [0.25, 0.3) is 0 Å². The number of aliphatic hydroxyl groups excluding tert-OH is 1. The van der Waals surface area contributed by atoms with Crippen molar-refractivity contribution in [3.63, 3.8) is 0 Å². The van der Waals surface area contributed by atoms with E-state index in [2.05, 4.69) is 18.7 Å². The molecule has 0 saturated heterocycles. The molecule has 0 aliphatic rings. The molecular weight excluding hydrogens is 178 g/mol. The van der Waals surface area contributed by atoms with Crippen molar-refractivity contribution in [2.75, 3.05) is 26.8 Å². The number of aliphatic hydroxyl groups is 1. The fourth-order valence-electron chi connectivity index (χ4n) is 1.22. The lowest BCUT2D eigenvalue weighted by Crippen LogP contribution is -2.41. The number of methoxy groups -OCH3 is 1. The Labute approximate surface area is 88.1 Å². The lowest BCUT2D eigenvalue weighted by atomic mass is 10.1. The van der Waals surface area contributed by atoms with Crippen molar-refractivity contribution < 1.29 is 9.84 Å². The van der Waals surface area contributed by atoms with E-state index in [1.54, 1.807) is 7.11 Å². The predicted octanol–water partition coefficient (Wildman–Crippen LogP) is 1.36. The van der Waals surface area contributed by atoms with Gasteiger partial charge in [-0.25, -0.2) is 0 Å². The topological polar surface area (TPSA) is 32.7 Å². The van der Waals surface area contributed by atoms with Crippen LogP contribution in [0.3, 0.4) is 0 Å². The normalized spacial score (nSPS) is 14.4. The van der Waals surface area contributed by atoms with E-state index in [4.69, 9.17) is 4.74 Å². The van der Waals surface area contributed by atoms with Crippen LogP contribution in [0.1, 0.15) is 27.7 Å². The van der Waals surface area contributed by atoms with E-state index in [1.807, 2.05) is 13.8 Å². The van der Waals surface area contributed by atoms with Crippen LogP contribution in [0.2, 0.25) is 0 Å². The summed E-state index contributed by atoms with van der Waals surface area (Å²) in [6.45, 7) is 10.7. The maximum Gasteiger partial charge on any atom is 0.0690 e. The van der Waals surface area contributed by atoms with Crippen LogP contribution in [-0.2, 0) is 4.74 Å². The van der Waals surface area contributed by atoms with Gasteiger partial charge in [-0.05, 0) is 19.8 Å². The van der Waals surface area contributed by atoms with Gasteiger partial charge in [0.25, 0.3) is 0 Å². The molecule has 0 amide bonds. The quantitative estimate of drug-likeness (QED) is 0.678. The summed E-state index contributed by atoms with van der Waals surface area (Å²) in [4.78, 5) is 2.24. The molecule has 0 aliphatic heterocycles. The van der Waals surface area contributed by atoms with Crippen LogP contribution in [-0.4, -0.2) is 49.0 Å². The van der Waals surface area contributed by atoms with Crippen molar-refractivity contribution in [2.45, 2.75) is 39.8 Å². The Balaban J connectivity index is 3.95. The largest absolute Gasteiger partial charge is 0.392 e. The standard InChI is InChI=1S/C11H25NO2/c1-9(2)11(13)8-12(10(3)4)6-7-14-5/h9-11,13H,6-8H2,1-5H3. The lowest BCUT2D eigenvalue weighted by molar-refractivity contribution is 0.0490. The van der Waals surface area contributed by atoms with E-state index in [0.29, 0.717) is 12.0 Å². The molecule has 0 saturated carbocycles. The van der Waals surface area contributed by atoms with Gasteiger partial charge in [0.2, 0.25) is 0 Å². The molecule has 0 radical (unpaired) electrons. The van der Waals surface area contributed by atoms with Gasteiger partial charge in [-0.1, -0.05) is 13.8 Å². The van der Waals surface area contributed by atoms with Gasteiger partial charge >= 0.3 is 0 Å². The Bertz CT molecular complexity index is 137. The number of ether oxygens (including phenoxy) is 1. The van der Waals surface area contributed by atoms with Crippen LogP contribution < -0.4 is 0 Å². The highest BCUT2D eigenvalue weighted by molar-refractivity contribution is 4.70. The third kappa shape index (κ3) is 5.58. The van der Waals surface area contributed by atoms with E-state index >= 15 is 0 Å². The molecule has 1 atom stereocenters. The molecule has 0 fully saturated rings. The molecule has 0 aromatic carbocycles. The van der Waals surface area contributed by atoms with Gasteiger partial charge in [-0.15, -0.1) is 0 Å². The Kier molecular flexibility index (Phi) is 7.15. The lowest BCUT2D eigenvalue weighted by Gasteiger charge is -2.29. The molecule has 1 unspecified atom stereocenters. The van der Waals surface area contributed by atoms with Crippen molar-refractivity contribution in [3.8, 4) is 0 Å². The summed E-state index contributed by atoms with van der Waals surface area (Å²) in [7, 11) is 1.71. The maximum atomic E-state index is 9.76. The second-order valence-electron chi connectivity index (χ2n) is 4.39. The van der Waals surface area contributed by atoms with Gasteiger partial charge in [0.1, 0.15) is 0 Å². The Morgan fingerprint density at radius 2 is 1.79 bits per heavy atom.